The Hall–Kier alpha value is -2.05. The van der Waals surface area contributed by atoms with Crippen LogP contribution in [-0.4, -0.2) is 12.0 Å². The molecule has 0 bridgehead atoms. The Balaban J connectivity index is 2.21. The fourth-order valence-corrected chi connectivity index (χ4v) is 1.89. The summed E-state index contributed by atoms with van der Waals surface area (Å²) < 4.78 is 0. The maximum absolute atomic E-state index is 8.90. The van der Waals surface area contributed by atoms with E-state index in [9.17, 15) is 0 Å². The first-order chi connectivity index (χ1) is 8.69. The Morgan fingerprint density at radius 1 is 1.28 bits per heavy atom. The molecule has 0 atom stereocenters. The predicted octanol–water partition coefficient (Wildman–Crippen LogP) is 3.24. The third-order valence-corrected chi connectivity index (χ3v) is 2.76. The van der Waals surface area contributed by atoms with E-state index >= 15 is 0 Å². The summed E-state index contributed by atoms with van der Waals surface area (Å²) in [7, 11) is 1.92. The standard InChI is InChI=1S/C14H12ClN3/c1-18(10-11-5-3-2-4-6-11)14-8-12(9-16)7-13(15)17-14/h2-8H,10H2,1H3. The van der Waals surface area contributed by atoms with Crippen molar-refractivity contribution in [3.8, 4) is 6.07 Å². The van der Waals surface area contributed by atoms with Crippen LogP contribution in [0.1, 0.15) is 11.1 Å². The molecule has 2 rings (SSSR count). The number of halogens is 1. The SMILES string of the molecule is CN(Cc1ccccc1)c1cc(C#N)cc(Cl)n1. The molecule has 1 heterocycles. The quantitative estimate of drug-likeness (QED) is 0.793. The second-order valence-electron chi connectivity index (χ2n) is 3.99. The topological polar surface area (TPSA) is 39.9 Å². The molecule has 0 aliphatic rings. The highest BCUT2D eigenvalue weighted by atomic mass is 35.5. The summed E-state index contributed by atoms with van der Waals surface area (Å²) in [6.07, 6.45) is 0. The zero-order valence-corrected chi connectivity index (χ0v) is 10.7. The molecule has 0 saturated carbocycles. The molecule has 90 valence electrons. The second kappa shape index (κ2) is 5.52. The molecule has 0 unspecified atom stereocenters. The number of nitriles is 1. The molecule has 3 nitrogen and oxygen atoms in total. The lowest BCUT2D eigenvalue weighted by molar-refractivity contribution is 0.897. The van der Waals surface area contributed by atoms with Crippen molar-refractivity contribution in [3.63, 3.8) is 0 Å². The highest BCUT2D eigenvalue weighted by Gasteiger charge is 2.06. The van der Waals surface area contributed by atoms with Gasteiger partial charge in [-0.05, 0) is 17.7 Å². The fraction of sp³-hybridized carbons (Fsp3) is 0.143. The summed E-state index contributed by atoms with van der Waals surface area (Å²) in [6, 6.07) is 15.4. The summed E-state index contributed by atoms with van der Waals surface area (Å²) in [5.41, 5.74) is 1.70. The number of hydrogen-bond acceptors (Lipinski definition) is 3. The number of nitrogens with zero attached hydrogens (tertiary/aromatic N) is 3. The van der Waals surface area contributed by atoms with Crippen LogP contribution in [0, 0.1) is 11.3 Å². The molecule has 1 aromatic heterocycles. The first-order valence-corrected chi connectivity index (χ1v) is 5.89. The van der Waals surface area contributed by atoms with Gasteiger partial charge in [-0.1, -0.05) is 41.9 Å². The Morgan fingerprint density at radius 2 is 2.00 bits per heavy atom. The third kappa shape index (κ3) is 2.99. The minimum Gasteiger partial charge on any atom is -0.355 e. The van der Waals surface area contributed by atoms with E-state index < -0.39 is 0 Å². The van der Waals surface area contributed by atoms with Crippen LogP contribution in [0.15, 0.2) is 42.5 Å². The lowest BCUT2D eigenvalue weighted by atomic mass is 10.2. The van der Waals surface area contributed by atoms with E-state index in [4.69, 9.17) is 16.9 Å². The average molecular weight is 258 g/mol. The van der Waals surface area contributed by atoms with Gasteiger partial charge in [0.1, 0.15) is 11.0 Å². The van der Waals surface area contributed by atoms with Crippen molar-refractivity contribution in [3.05, 3.63) is 58.7 Å². The van der Waals surface area contributed by atoms with Gasteiger partial charge in [0.05, 0.1) is 11.6 Å². The third-order valence-electron chi connectivity index (χ3n) is 2.56. The van der Waals surface area contributed by atoms with Crippen molar-refractivity contribution < 1.29 is 0 Å². The van der Waals surface area contributed by atoms with Crippen LogP contribution in [0.25, 0.3) is 0 Å². The van der Waals surface area contributed by atoms with E-state index in [-0.39, 0.29) is 0 Å². The molecular weight excluding hydrogens is 246 g/mol. The van der Waals surface area contributed by atoms with Gasteiger partial charge < -0.3 is 4.90 Å². The molecule has 0 radical (unpaired) electrons. The number of benzene rings is 1. The first-order valence-electron chi connectivity index (χ1n) is 5.52. The van der Waals surface area contributed by atoms with Crippen LogP contribution in [0.4, 0.5) is 5.82 Å². The van der Waals surface area contributed by atoms with Gasteiger partial charge in [-0.2, -0.15) is 5.26 Å². The van der Waals surface area contributed by atoms with Crippen LogP contribution >= 0.6 is 11.6 Å². The summed E-state index contributed by atoms with van der Waals surface area (Å²) in [5, 5.41) is 9.24. The van der Waals surface area contributed by atoms with E-state index in [1.165, 1.54) is 5.56 Å². The summed E-state index contributed by atoms with van der Waals surface area (Å²) in [4.78, 5) is 6.18. The van der Waals surface area contributed by atoms with Crippen molar-refractivity contribution in [2.24, 2.45) is 0 Å². The molecule has 0 aliphatic heterocycles. The van der Waals surface area contributed by atoms with Gasteiger partial charge >= 0.3 is 0 Å². The van der Waals surface area contributed by atoms with Gasteiger partial charge in [0.15, 0.2) is 0 Å². The average Bonchev–Trinajstić information content (AvgIpc) is 2.39. The molecule has 0 fully saturated rings. The van der Waals surface area contributed by atoms with E-state index in [1.807, 2.05) is 42.3 Å². The Labute approximate surface area is 111 Å². The van der Waals surface area contributed by atoms with Crippen molar-refractivity contribution in [2.75, 3.05) is 11.9 Å². The Kier molecular flexibility index (Phi) is 3.81. The van der Waals surface area contributed by atoms with Gasteiger partial charge in [0.2, 0.25) is 0 Å². The molecule has 1 aromatic carbocycles. The van der Waals surface area contributed by atoms with Crippen LogP contribution < -0.4 is 4.90 Å². The maximum atomic E-state index is 8.90. The summed E-state index contributed by atoms with van der Waals surface area (Å²) in [5.74, 6) is 0.697. The maximum Gasteiger partial charge on any atom is 0.132 e. The van der Waals surface area contributed by atoms with Crippen molar-refractivity contribution in [1.29, 1.82) is 5.26 Å². The van der Waals surface area contributed by atoms with Crippen LogP contribution in [-0.2, 0) is 6.54 Å². The smallest absolute Gasteiger partial charge is 0.132 e. The van der Waals surface area contributed by atoms with Crippen LogP contribution in [0.3, 0.4) is 0 Å². The van der Waals surface area contributed by atoms with E-state index in [0.29, 0.717) is 16.5 Å². The Bertz CT molecular complexity index is 575. The summed E-state index contributed by atoms with van der Waals surface area (Å²) >= 11 is 5.89. The van der Waals surface area contributed by atoms with Crippen LogP contribution in [0.5, 0.6) is 0 Å². The lowest BCUT2D eigenvalue weighted by Crippen LogP contribution is -2.17. The van der Waals surface area contributed by atoms with E-state index in [2.05, 4.69) is 11.1 Å². The molecule has 18 heavy (non-hydrogen) atoms. The van der Waals surface area contributed by atoms with Crippen LogP contribution in [0.2, 0.25) is 5.15 Å². The lowest BCUT2D eigenvalue weighted by Gasteiger charge is -2.18. The number of pyridine rings is 1. The molecule has 2 aromatic rings. The second-order valence-corrected chi connectivity index (χ2v) is 4.38. The number of hydrogen-bond donors (Lipinski definition) is 0. The molecule has 0 spiro atoms. The van der Waals surface area contributed by atoms with Gasteiger partial charge in [-0.25, -0.2) is 4.98 Å². The molecule has 0 saturated heterocycles. The number of anilines is 1. The van der Waals surface area contributed by atoms with Crippen molar-refractivity contribution in [2.45, 2.75) is 6.54 Å². The number of aromatic nitrogens is 1. The first kappa shape index (κ1) is 12.4. The van der Waals surface area contributed by atoms with Crippen molar-refractivity contribution >= 4 is 17.4 Å². The fourth-order valence-electron chi connectivity index (χ4n) is 1.68. The minimum absolute atomic E-state index is 0.337. The normalized spacial score (nSPS) is 9.83. The Morgan fingerprint density at radius 3 is 2.67 bits per heavy atom. The highest BCUT2D eigenvalue weighted by molar-refractivity contribution is 6.29. The molecule has 4 heteroatoms. The zero-order chi connectivity index (χ0) is 13.0. The van der Waals surface area contributed by atoms with E-state index in [0.717, 1.165) is 6.54 Å². The van der Waals surface area contributed by atoms with Gasteiger partial charge in [-0.15, -0.1) is 0 Å². The monoisotopic (exact) mass is 257 g/mol. The van der Waals surface area contributed by atoms with Crippen molar-refractivity contribution in [1.82, 2.24) is 4.98 Å². The molecule has 0 N–H and O–H groups in total. The highest BCUT2D eigenvalue weighted by Crippen LogP contribution is 2.18. The summed E-state index contributed by atoms with van der Waals surface area (Å²) in [6.45, 7) is 0.721. The molecule has 0 amide bonds. The molecular formula is C14H12ClN3. The van der Waals surface area contributed by atoms with Gasteiger partial charge in [-0.3, -0.25) is 0 Å². The van der Waals surface area contributed by atoms with Gasteiger partial charge in [0, 0.05) is 13.6 Å². The largest absolute Gasteiger partial charge is 0.355 e. The molecule has 0 aliphatic carbocycles. The predicted molar refractivity (Wildman–Crippen MR) is 72.5 cm³/mol. The number of rotatable bonds is 3. The van der Waals surface area contributed by atoms with Gasteiger partial charge in [0.25, 0.3) is 0 Å². The zero-order valence-electron chi connectivity index (χ0n) is 9.97. The van der Waals surface area contributed by atoms with E-state index in [1.54, 1.807) is 12.1 Å². The minimum atomic E-state index is 0.337.